The Morgan fingerprint density at radius 1 is 1.58 bits per heavy atom. The summed E-state index contributed by atoms with van der Waals surface area (Å²) < 4.78 is 6.21. The van der Waals surface area contributed by atoms with Gasteiger partial charge in [-0.25, -0.2) is 5.90 Å². The second kappa shape index (κ2) is 2.87. The Hall–Kier alpha value is -0.320. The van der Waals surface area contributed by atoms with E-state index < -0.39 is 0 Å². The normalized spacial score (nSPS) is 19.5. The van der Waals surface area contributed by atoms with Crippen LogP contribution in [-0.4, -0.2) is 6.61 Å². The highest BCUT2D eigenvalue weighted by atomic mass is 79.9. The van der Waals surface area contributed by atoms with E-state index in [1.165, 1.54) is 0 Å². The highest BCUT2D eigenvalue weighted by Gasteiger charge is 2.47. The molecule has 0 bridgehead atoms. The maximum absolute atomic E-state index is 5.44. The Bertz CT molecular complexity index is 280. The molecule has 0 radical (unpaired) electrons. The standard InChI is InChI=1S/C8H10BrNO2/c9-7-2-1-6(12-7)8(3-4-8)5-11-10/h1-2H,3-5,10H2. The van der Waals surface area contributed by atoms with Crippen molar-refractivity contribution in [1.82, 2.24) is 0 Å². The van der Waals surface area contributed by atoms with Gasteiger partial charge in [0.15, 0.2) is 4.67 Å². The third kappa shape index (κ3) is 1.30. The smallest absolute Gasteiger partial charge is 0.169 e. The minimum Gasteiger partial charge on any atom is -0.454 e. The van der Waals surface area contributed by atoms with Gasteiger partial charge in [-0.15, -0.1) is 0 Å². The fourth-order valence-corrected chi connectivity index (χ4v) is 1.68. The van der Waals surface area contributed by atoms with Crippen LogP contribution in [0.4, 0.5) is 0 Å². The second-order valence-corrected chi connectivity index (χ2v) is 3.98. The summed E-state index contributed by atoms with van der Waals surface area (Å²) in [5, 5.41) is 0. The van der Waals surface area contributed by atoms with Crippen molar-refractivity contribution in [1.29, 1.82) is 0 Å². The molecular weight excluding hydrogens is 222 g/mol. The van der Waals surface area contributed by atoms with E-state index in [0.29, 0.717) is 6.61 Å². The second-order valence-electron chi connectivity index (χ2n) is 3.20. The number of hydrogen-bond donors (Lipinski definition) is 1. The van der Waals surface area contributed by atoms with Crippen molar-refractivity contribution < 1.29 is 9.25 Å². The number of hydrogen-bond acceptors (Lipinski definition) is 3. The van der Waals surface area contributed by atoms with Crippen molar-refractivity contribution in [3.63, 3.8) is 0 Å². The maximum atomic E-state index is 5.44. The lowest BCUT2D eigenvalue weighted by Crippen LogP contribution is -2.17. The predicted octanol–water partition coefficient (Wildman–Crippen LogP) is 1.96. The summed E-state index contributed by atoms with van der Waals surface area (Å²) >= 11 is 3.26. The van der Waals surface area contributed by atoms with Gasteiger partial charge in [0.25, 0.3) is 0 Å². The Morgan fingerprint density at radius 3 is 2.75 bits per heavy atom. The molecule has 1 saturated carbocycles. The summed E-state index contributed by atoms with van der Waals surface area (Å²) in [5.41, 5.74) is 0.0702. The molecule has 1 heterocycles. The third-order valence-corrected chi connectivity index (χ3v) is 2.74. The lowest BCUT2D eigenvalue weighted by Gasteiger charge is -2.08. The lowest BCUT2D eigenvalue weighted by molar-refractivity contribution is 0.109. The average Bonchev–Trinajstić information content (AvgIpc) is 2.69. The van der Waals surface area contributed by atoms with Gasteiger partial charge in [-0.2, -0.15) is 0 Å². The number of furan rings is 1. The zero-order valence-electron chi connectivity index (χ0n) is 6.55. The van der Waals surface area contributed by atoms with E-state index in [-0.39, 0.29) is 5.41 Å². The van der Waals surface area contributed by atoms with Crippen LogP contribution in [-0.2, 0) is 10.3 Å². The molecular formula is C8H10BrNO2. The molecule has 0 atom stereocenters. The van der Waals surface area contributed by atoms with Crippen LogP contribution in [0.1, 0.15) is 18.6 Å². The van der Waals surface area contributed by atoms with Gasteiger partial charge in [0.1, 0.15) is 5.76 Å². The van der Waals surface area contributed by atoms with Gasteiger partial charge < -0.3 is 9.25 Å². The molecule has 0 aliphatic heterocycles. The molecule has 1 aromatic heterocycles. The Labute approximate surface area is 79.0 Å². The average molecular weight is 232 g/mol. The lowest BCUT2D eigenvalue weighted by atomic mass is 10.1. The van der Waals surface area contributed by atoms with Gasteiger partial charge in [-0.1, -0.05) is 0 Å². The largest absolute Gasteiger partial charge is 0.454 e. The van der Waals surface area contributed by atoms with Crippen LogP contribution in [0.15, 0.2) is 21.2 Å². The molecule has 1 aliphatic rings. The monoisotopic (exact) mass is 231 g/mol. The summed E-state index contributed by atoms with van der Waals surface area (Å²) in [4.78, 5) is 4.66. The summed E-state index contributed by atoms with van der Waals surface area (Å²) in [5.74, 6) is 6.02. The van der Waals surface area contributed by atoms with Crippen molar-refractivity contribution in [3.05, 3.63) is 22.6 Å². The van der Waals surface area contributed by atoms with Crippen LogP contribution in [0, 0.1) is 0 Å². The molecule has 1 fully saturated rings. The van der Waals surface area contributed by atoms with Crippen LogP contribution in [0.2, 0.25) is 0 Å². The first kappa shape index (κ1) is 8.29. The van der Waals surface area contributed by atoms with E-state index in [1.54, 1.807) is 0 Å². The van der Waals surface area contributed by atoms with Crippen LogP contribution in [0.25, 0.3) is 0 Å². The van der Waals surface area contributed by atoms with Gasteiger partial charge in [-0.3, -0.25) is 0 Å². The molecule has 1 aliphatic carbocycles. The SMILES string of the molecule is NOCC1(c2ccc(Br)o2)CC1. The van der Waals surface area contributed by atoms with Crippen molar-refractivity contribution in [2.75, 3.05) is 6.61 Å². The topological polar surface area (TPSA) is 48.4 Å². The number of nitrogens with two attached hydrogens (primary N) is 1. The summed E-state index contributed by atoms with van der Waals surface area (Å²) in [6, 6.07) is 3.86. The zero-order valence-corrected chi connectivity index (χ0v) is 8.13. The van der Waals surface area contributed by atoms with Gasteiger partial charge >= 0.3 is 0 Å². The van der Waals surface area contributed by atoms with E-state index in [9.17, 15) is 0 Å². The minimum atomic E-state index is 0.0702. The van der Waals surface area contributed by atoms with Crippen molar-refractivity contribution in [2.24, 2.45) is 5.90 Å². The molecule has 1 aromatic rings. The molecule has 0 spiro atoms. The quantitative estimate of drug-likeness (QED) is 0.810. The molecule has 66 valence electrons. The molecule has 4 heteroatoms. The fraction of sp³-hybridized carbons (Fsp3) is 0.500. The molecule has 0 amide bonds. The summed E-state index contributed by atoms with van der Waals surface area (Å²) in [6.07, 6.45) is 2.20. The Kier molecular flexibility index (Phi) is 1.98. The highest BCUT2D eigenvalue weighted by molar-refractivity contribution is 9.10. The van der Waals surface area contributed by atoms with Crippen LogP contribution < -0.4 is 5.90 Å². The molecule has 0 unspecified atom stereocenters. The van der Waals surface area contributed by atoms with Crippen molar-refractivity contribution >= 4 is 15.9 Å². The number of rotatable bonds is 3. The minimum absolute atomic E-state index is 0.0702. The molecule has 0 saturated heterocycles. The first-order valence-corrected chi connectivity index (χ1v) is 4.64. The van der Waals surface area contributed by atoms with Gasteiger partial charge in [-0.05, 0) is 40.9 Å². The molecule has 3 nitrogen and oxygen atoms in total. The summed E-state index contributed by atoms with van der Waals surface area (Å²) in [6.45, 7) is 0.549. The van der Waals surface area contributed by atoms with E-state index in [1.807, 2.05) is 12.1 Å². The molecule has 0 aromatic carbocycles. The van der Waals surface area contributed by atoms with Gasteiger partial charge in [0.05, 0.1) is 12.0 Å². The first-order chi connectivity index (χ1) is 5.77. The first-order valence-electron chi connectivity index (χ1n) is 3.84. The molecule has 12 heavy (non-hydrogen) atoms. The van der Waals surface area contributed by atoms with E-state index in [0.717, 1.165) is 23.3 Å². The van der Waals surface area contributed by atoms with Crippen LogP contribution in [0.5, 0.6) is 0 Å². The van der Waals surface area contributed by atoms with E-state index in [4.69, 9.17) is 10.3 Å². The van der Waals surface area contributed by atoms with E-state index >= 15 is 0 Å². The molecule has 2 rings (SSSR count). The van der Waals surface area contributed by atoms with Crippen molar-refractivity contribution in [2.45, 2.75) is 18.3 Å². The Balaban J connectivity index is 2.18. The highest BCUT2D eigenvalue weighted by Crippen LogP contribution is 2.48. The van der Waals surface area contributed by atoms with Crippen LogP contribution in [0.3, 0.4) is 0 Å². The predicted molar refractivity (Wildman–Crippen MR) is 47.5 cm³/mol. The van der Waals surface area contributed by atoms with Crippen molar-refractivity contribution in [3.8, 4) is 0 Å². The zero-order chi connectivity index (χ0) is 8.60. The third-order valence-electron chi connectivity index (χ3n) is 2.31. The number of halogens is 1. The van der Waals surface area contributed by atoms with Crippen LogP contribution >= 0.6 is 15.9 Å². The Morgan fingerprint density at radius 2 is 2.33 bits per heavy atom. The van der Waals surface area contributed by atoms with Gasteiger partial charge in [0.2, 0.25) is 0 Å². The molecule has 2 N–H and O–H groups in total. The maximum Gasteiger partial charge on any atom is 0.169 e. The summed E-state index contributed by atoms with van der Waals surface area (Å²) in [7, 11) is 0. The van der Waals surface area contributed by atoms with E-state index in [2.05, 4.69) is 20.8 Å². The fourth-order valence-electron chi connectivity index (χ4n) is 1.37. The van der Waals surface area contributed by atoms with Gasteiger partial charge in [0, 0.05) is 0 Å².